The Morgan fingerprint density at radius 1 is 1.38 bits per heavy atom. The molecule has 2 aliphatic rings. The van der Waals surface area contributed by atoms with Crippen LogP contribution < -0.4 is 0 Å². The summed E-state index contributed by atoms with van der Waals surface area (Å²) in [6.45, 7) is 11.5. The van der Waals surface area contributed by atoms with E-state index >= 15 is 0 Å². The van der Waals surface area contributed by atoms with Crippen molar-refractivity contribution in [2.45, 2.75) is 57.5 Å². The van der Waals surface area contributed by atoms with Crippen molar-refractivity contribution >= 4 is 14.2 Å². The SMILES string of the molecule is CC(C)(C)[Si](C)(C)O[C@@H]1C#C/C=C\C#CC[C@H]2C(=O)N(CCN=[N+]=[N-])[C@H]12. The number of allylic oxidation sites excluding steroid dienone is 2. The van der Waals surface area contributed by atoms with Gasteiger partial charge < -0.3 is 9.33 Å². The molecule has 0 saturated carbocycles. The van der Waals surface area contributed by atoms with Gasteiger partial charge in [-0.1, -0.05) is 49.6 Å². The Bertz CT molecular complexity index is 754. The van der Waals surface area contributed by atoms with Crippen LogP contribution in [0.15, 0.2) is 17.3 Å². The van der Waals surface area contributed by atoms with Crippen LogP contribution in [0.25, 0.3) is 10.4 Å². The summed E-state index contributed by atoms with van der Waals surface area (Å²) in [4.78, 5) is 17.1. The maximum atomic E-state index is 12.6. The van der Waals surface area contributed by atoms with Crippen LogP contribution in [0.1, 0.15) is 27.2 Å². The van der Waals surface area contributed by atoms with E-state index < -0.39 is 8.32 Å². The monoisotopic (exact) mass is 370 g/mol. The van der Waals surface area contributed by atoms with Crippen LogP contribution in [0.3, 0.4) is 0 Å². The summed E-state index contributed by atoms with van der Waals surface area (Å²) in [6, 6.07) is -0.154. The second-order valence-corrected chi connectivity index (χ2v) is 12.8. The lowest BCUT2D eigenvalue weighted by atomic mass is 9.81. The van der Waals surface area contributed by atoms with Crippen LogP contribution in [0, 0.1) is 29.6 Å². The quantitative estimate of drug-likeness (QED) is 0.185. The van der Waals surface area contributed by atoms with Gasteiger partial charge in [-0.2, -0.15) is 0 Å². The summed E-state index contributed by atoms with van der Waals surface area (Å²) in [7, 11) is -2.07. The van der Waals surface area contributed by atoms with E-state index in [1.807, 2.05) is 0 Å². The molecule has 0 radical (unpaired) electrons. The third-order valence-corrected chi connectivity index (χ3v) is 9.77. The van der Waals surface area contributed by atoms with E-state index in [0.717, 1.165) is 0 Å². The molecule has 0 aromatic heterocycles. The topological polar surface area (TPSA) is 78.3 Å². The highest BCUT2D eigenvalue weighted by atomic mass is 28.4. The Balaban J connectivity index is 2.32. The third kappa shape index (κ3) is 4.31. The van der Waals surface area contributed by atoms with E-state index in [1.54, 1.807) is 17.1 Å². The first kappa shape index (κ1) is 20.1. The number of hydrogen-bond acceptors (Lipinski definition) is 3. The van der Waals surface area contributed by atoms with Crippen molar-refractivity contribution in [3.05, 3.63) is 22.6 Å². The van der Waals surface area contributed by atoms with Crippen LogP contribution in [0.5, 0.6) is 0 Å². The van der Waals surface area contributed by atoms with Crippen molar-refractivity contribution in [2.75, 3.05) is 13.1 Å². The first-order chi connectivity index (χ1) is 12.2. The van der Waals surface area contributed by atoms with Crippen molar-refractivity contribution in [2.24, 2.45) is 11.0 Å². The molecule has 0 spiro atoms. The van der Waals surface area contributed by atoms with Crippen LogP contribution >= 0.6 is 0 Å². The molecule has 1 heterocycles. The average molecular weight is 371 g/mol. The molecule has 1 saturated heterocycles. The first-order valence-electron chi connectivity index (χ1n) is 8.82. The van der Waals surface area contributed by atoms with E-state index in [2.05, 4.69) is 67.6 Å². The van der Waals surface area contributed by atoms with Gasteiger partial charge in [0.05, 0.1) is 12.0 Å². The minimum Gasteiger partial charge on any atom is -0.401 e. The summed E-state index contributed by atoms with van der Waals surface area (Å²) in [5.41, 5.74) is 8.50. The number of amides is 1. The minimum absolute atomic E-state index is 0.0348. The fourth-order valence-corrected chi connectivity index (χ4v) is 3.99. The van der Waals surface area contributed by atoms with Crippen LogP contribution in [0.4, 0.5) is 0 Å². The zero-order chi connectivity index (χ0) is 19.4. The Labute approximate surface area is 156 Å². The molecule has 26 heavy (non-hydrogen) atoms. The Morgan fingerprint density at radius 2 is 2.08 bits per heavy atom. The number of likely N-dealkylation sites (tertiary alicyclic amines) is 1. The fraction of sp³-hybridized carbons (Fsp3) is 0.632. The van der Waals surface area contributed by atoms with Gasteiger partial charge in [-0.15, -0.1) is 0 Å². The third-order valence-electron chi connectivity index (χ3n) is 5.31. The second-order valence-electron chi connectivity index (χ2n) is 8.03. The van der Waals surface area contributed by atoms with Crippen molar-refractivity contribution < 1.29 is 9.22 Å². The van der Waals surface area contributed by atoms with Gasteiger partial charge in [0.15, 0.2) is 8.32 Å². The molecule has 1 aliphatic heterocycles. The molecule has 6 nitrogen and oxygen atoms in total. The van der Waals surface area contributed by atoms with Gasteiger partial charge >= 0.3 is 0 Å². The molecule has 0 N–H and O–H groups in total. The molecule has 1 fully saturated rings. The van der Waals surface area contributed by atoms with Gasteiger partial charge in [0, 0.05) is 24.4 Å². The lowest BCUT2D eigenvalue weighted by Crippen LogP contribution is -2.67. The van der Waals surface area contributed by atoms with Crippen molar-refractivity contribution in [1.82, 2.24) is 4.90 Å². The number of fused-ring (bicyclic) bond motifs is 1. The highest BCUT2D eigenvalue weighted by Crippen LogP contribution is 2.40. The van der Waals surface area contributed by atoms with Gasteiger partial charge in [-0.3, -0.25) is 4.79 Å². The fourth-order valence-electron chi connectivity index (χ4n) is 2.80. The van der Waals surface area contributed by atoms with E-state index in [1.165, 1.54) is 0 Å². The van der Waals surface area contributed by atoms with E-state index in [0.29, 0.717) is 13.0 Å². The number of nitrogens with zero attached hydrogens (tertiary/aromatic N) is 4. The zero-order valence-corrected chi connectivity index (χ0v) is 17.1. The Hall–Kier alpha value is -2.18. The predicted molar refractivity (Wildman–Crippen MR) is 104 cm³/mol. The van der Waals surface area contributed by atoms with E-state index in [9.17, 15) is 4.79 Å². The lowest BCUT2D eigenvalue weighted by molar-refractivity contribution is -0.160. The standard InChI is InChI=1S/C19H26N4O2Si/c1-19(2,3)26(4,5)25-16-12-10-8-6-7-9-11-15-17(16)23(18(15)24)14-13-21-22-20/h6,8,15-17H,11,13-14H2,1-5H3/b8-6-/t15-,16-,17+/m1/s1. The molecule has 0 bridgehead atoms. The number of hydrogen-bond donors (Lipinski definition) is 0. The molecule has 7 heteroatoms. The maximum absolute atomic E-state index is 12.6. The number of azide groups is 1. The van der Waals surface area contributed by atoms with Gasteiger partial charge in [0.2, 0.25) is 5.91 Å². The Kier molecular flexibility index (Phi) is 6.20. The van der Waals surface area contributed by atoms with Crippen molar-refractivity contribution in [3.8, 4) is 23.7 Å². The molecule has 0 aromatic carbocycles. The largest absolute Gasteiger partial charge is 0.401 e. The zero-order valence-electron chi connectivity index (χ0n) is 16.1. The highest BCUT2D eigenvalue weighted by molar-refractivity contribution is 6.74. The Morgan fingerprint density at radius 3 is 2.73 bits per heavy atom. The summed E-state index contributed by atoms with van der Waals surface area (Å²) in [5, 5.41) is 3.60. The molecule has 2 rings (SSSR count). The van der Waals surface area contributed by atoms with Gasteiger partial charge in [0.25, 0.3) is 0 Å². The molecule has 0 aromatic rings. The van der Waals surface area contributed by atoms with Crippen molar-refractivity contribution in [1.29, 1.82) is 0 Å². The number of rotatable bonds is 5. The number of β-lactam (4-membered cyclic amide) rings is 1. The lowest BCUT2D eigenvalue weighted by Gasteiger charge is -2.51. The van der Waals surface area contributed by atoms with E-state index in [-0.39, 0.29) is 35.6 Å². The molecule has 138 valence electrons. The molecular formula is C19H26N4O2Si. The van der Waals surface area contributed by atoms with Gasteiger partial charge in [-0.25, -0.2) is 0 Å². The minimum atomic E-state index is -2.07. The normalized spacial score (nSPS) is 26.1. The van der Waals surface area contributed by atoms with E-state index in [4.69, 9.17) is 9.96 Å². The molecule has 1 amide bonds. The van der Waals surface area contributed by atoms with Gasteiger partial charge in [-0.05, 0) is 35.8 Å². The summed E-state index contributed by atoms with van der Waals surface area (Å²) < 4.78 is 6.58. The van der Waals surface area contributed by atoms with Gasteiger partial charge in [0.1, 0.15) is 6.10 Å². The predicted octanol–water partition coefficient (Wildman–Crippen LogP) is 3.48. The smallest absolute Gasteiger partial charge is 0.229 e. The van der Waals surface area contributed by atoms with Crippen LogP contribution in [-0.2, 0) is 9.22 Å². The average Bonchev–Trinajstić information content (AvgIpc) is 2.55. The van der Waals surface area contributed by atoms with Crippen molar-refractivity contribution in [3.63, 3.8) is 0 Å². The first-order valence-corrected chi connectivity index (χ1v) is 11.7. The summed E-state index contributed by atoms with van der Waals surface area (Å²) in [5.74, 6) is 12.0. The molecule has 1 aliphatic carbocycles. The highest BCUT2D eigenvalue weighted by Gasteiger charge is 2.52. The molecule has 3 atom stereocenters. The molecular weight excluding hydrogens is 344 g/mol. The summed E-state index contributed by atoms with van der Waals surface area (Å²) >= 11 is 0. The number of carbonyl (C=O) groups excluding carboxylic acids is 1. The maximum Gasteiger partial charge on any atom is 0.229 e. The summed E-state index contributed by atoms with van der Waals surface area (Å²) in [6.07, 6.45) is 3.55. The second kappa shape index (κ2) is 8.01. The van der Waals surface area contributed by atoms with Crippen LogP contribution in [-0.4, -0.2) is 44.4 Å². The van der Waals surface area contributed by atoms with Crippen LogP contribution in [0.2, 0.25) is 18.1 Å². The number of carbonyl (C=O) groups is 1. The molecule has 0 unspecified atom stereocenters.